The van der Waals surface area contributed by atoms with Crippen molar-refractivity contribution in [3.63, 3.8) is 0 Å². The minimum atomic E-state index is 0.687. The Hall–Kier alpha value is -0.300. The number of unbranched alkanes of at least 4 members (excludes halogenated alkanes) is 4. The van der Waals surface area contributed by atoms with Crippen LogP contribution >= 0.6 is 0 Å². The Labute approximate surface area is 114 Å². The van der Waals surface area contributed by atoms with Crippen LogP contribution in [0, 0.1) is 0 Å². The van der Waals surface area contributed by atoms with Crippen molar-refractivity contribution >= 4 is 0 Å². The first-order valence-corrected chi connectivity index (χ1v) is 8.30. The second-order valence-corrected chi connectivity index (χ2v) is 5.73. The normalized spacial score (nSPS) is 17.6. The summed E-state index contributed by atoms with van der Waals surface area (Å²) < 4.78 is 0. The van der Waals surface area contributed by atoms with E-state index in [9.17, 15) is 0 Å². The van der Waals surface area contributed by atoms with Gasteiger partial charge in [0.15, 0.2) is 0 Å². The number of allylic oxidation sites excluding steroid dienone is 1. The van der Waals surface area contributed by atoms with Crippen LogP contribution in [0.4, 0.5) is 0 Å². The molecule has 106 valence electrons. The third-order valence-corrected chi connectivity index (χ3v) is 4.01. The fourth-order valence-corrected chi connectivity index (χ4v) is 2.87. The van der Waals surface area contributed by atoms with E-state index in [0.717, 1.165) is 0 Å². The summed E-state index contributed by atoms with van der Waals surface area (Å²) in [7, 11) is 0. The van der Waals surface area contributed by atoms with Crippen LogP contribution in [0.15, 0.2) is 11.6 Å². The van der Waals surface area contributed by atoms with Gasteiger partial charge in [-0.1, -0.05) is 57.6 Å². The lowest BCUT2D eigenvalue weighted by Crippen LogP contribution is -2.32. The van der Waals surface area contributed by atoms with Crippen LogP contribution < -0.4 is 5.32 Å². The predicted octanol–water partition coefficient (Wildman–Crippen LogP) is 5.22. The molecule has 0 aromatic heterocycles. The zero-order chi connectivity index (χ0) is 13.1. The predicted molar refractivity (Wildman–Crippen MR) is 82.0 cm³/mol. The maximum Gasteiger partial charge on any atom is 0.0279 e. The highest BCUT2D eigenvalue weighted by atomic mass is 14.9. The smallest absolute Gasteiger partial charge is 0.0279 e. The van der Waals surface area contributed by atoms with Crippen molar-refractivity contribution in [3.05, 3.63) is 11.6 Å². The van der Waals surface area contributed by atoms with Gasteiger partial charge in [-0.15, -0.1) is 0 Å². The van der Waals surface area contributed by atoms with E-state index in [-0.39, 0.29) is 0 Å². The summed E-state index contributed by atoms with van der Waals surface area (Å²) in [5.74, 6) is 0. The molecule has 0 fully saturated rings. The maximum absolute atomic E-state index is 3.76. The second kappa shape index (κ2) is 10.6. The van der Waals surface area contributed by atoms with Gasteiger partial charge in [-0.25, -0.2) is 0 Å². The second-order valence-electron chi connectivity index (χ2n) is 5.73. The van der Waals surface area contributed by atoms with Gasteiger partial charge >= 0.3 is 0 Å². The van der Waals surface area contributed by atoms with E-state index >= 15 is 0 Å². The van der Waals surface area contributed by atoms with Crippen molar-refractivity contribution in [3.8, 4) is 0 Å². The Morgan fingerprint density at radius 2 is 1.89 bits per heavy atom. The summed E-state index contributed by atoms with van der Waals surface area (Å²) in [6, 6.07) is 0.687. The van der Waals surface area contributed by atoms with Crippen molar-refractivity contribution in [1.29, 1.82) is 0 Å². The lowest BCUT2D eigenvalue weighted by molar-refractivity contribution is 0.474. The molecule has 1 atom stereocenters. The zero-order valence-corrected chi connectivity index (χ0v) is 12.6. The van der Waals surface area contributed by atoms with E-state index in [0.29, 0.717) is 6.04 Å². The summed E-state index contributed by atoms with van der Waals surface area (Å²) in [5, 5.41) is 3.76. The van der Waals surface area contributed by atoms with E-state index < -0.39 is 0 Å². The van der Waals surface area contributed by atoms with Crippen LogP contribution in [0.3, 0.4) is 0 Å². The van der Waals surface area contributed by atoms with E-state index in [1.807, 2.05) is 0 Å². The van der Waals surface area contributed by atoms with E-state index in [1.165, 1.54) is 77.2 Å². The maximum atomic E-state index is 3.76. The topological polar surface area (TPSA) is 12.0 Å². The van der Waals surface area contributed by atoms with Crippen LogP contribution in [0.25, 0.3) is 0 Å². The molecule has 1 aliphatic rings. The molecule has 1 rings (SSSR count). The monoisotopic (exact) mass is 251 g/mol. The van der Waals surface area contributed by atoms with Gasteiger partial charge in [0.05, 0.1) is 0 Å². The molecular formula is C17H33N. The Balaban J connectivity index is 2.28. The Kier molecular flexibility index (Phi) is 9.28. The van der Waals surface area contributed by atoms with Crippen LogP contribution in [0.2, 0.25) is 0 Å². The molecule has 0 bridgehead atoms. The Bertz CT molecular complexity index is 220. The first-order chi connectivity index (χ1) is 8.88. The average Bonchev–Trinajstić information content (AvgIpc) is 2.43. The molecule has 0 aromatic rings. The fourth-order valence-electron chi connectivity index (χ4n) is 2.87. The first kappa shape index (κ1) is 15.8. The first-order valence-electron chi connectivity index (χ1n) is 8.30. The summed E-state index contributed by atoms with van der Waals surface area (Å²) in [6.45, 7) is 5.73. The van der Waals surface area contributed by atoms with E-state index in [1.54, 1.807) is 5.57 Å². The van der Waals surface area contributed by atoms with Gasteiger partial charge < -0.3 is 5.32 Å². The minimum Gasteiger partial charge on any atom is -0.310 e. The third-order valence-electron chi connectivity index (χ3n) is 4.01. The highest BCUT2D eigenvalue weighted by molar-refractivity contribution is 5.13. The van der Waals surface area contributed by atoms with Gasteiger partial charge in [0, 0.05) is 6.04 Å². The van der Waals surface area contributed by atoms with E-state index in [2.05, 4.69) is 25.2 Å². The SMILES string of the molecule is CCCCCCCC(NCCC)C1=CCCCC1. The van der Waals surface area contributed by atoms with Crippen molar-refractivity contribution < 1.29 is 0 Å². The van der Waals surface area contributed by atoms with Crippen molar-refractivity contribution in [2.24, 2.45) is 0 Å². The molecule has 0 aromatic carbocycles. The van der Waals surface area contributed by atoms with Crippen molar-refractivity contribution in [2.45, 2.75) is 90.5 Å². The standard InChI is InChI=1S/C17H33N/c1-3-5-6-7-11-14-17(18-15-4-2)16-12-9-8-10-13-16/h12,17-18H,3-11,13-15H2,1-2H3. The lowest BCUT2D eigenvalue weighted by atomic mass is 9.90. The molecule has 0 aliphatic heterocycles. The lowest BCUT2D eigenvalue weighted by Gasteiger charge is -2.24. The average molecular weight is 251 g/mol. The molecule has 0 saturated carbocycles. The summed E-state index contributed by atoms with van der Waals surface area (Å²) in [6.07, 6.45) is 17.6. The highest BCUT2D eigenvalue weighted by Gasteiger charge is 2.14. The fraction of sp³-hybridized carbons (Fsp3) is 0.882. The summed E-state index contributed by atoms with van der Waals surface area (Å²) in [5.41, 5.74) is 1.71. The molecule has 18 heavy (non-hydrogen) atoms. The quantitative estimate of drug-likeness (QED) is 0.415. The van der Waals surface area contributed by atoms with Crippen molar-refractivity contribution in [2.75, 3.05) is 6.54 Å². The van der Waals surface area contributed by atoms with Crippen LogP contribution in [0.1, 0.15) is 84.5 Å². The van der Waals surface area contributed by atoms with Gasteiger partial charge in [0.1, 0.15) is 0 Å². The molecule has 1 N–H and O–H groups in total. The molecule has 1 unspecified atom stereocenters. The third kappa shape index (κ3) is 6.58. The number of hydrogen-bond donors (Lipinski definition) is 1. The number of rotatable bonds is 10. The van der Waals surface area contributed by atoms with Gasteiger partial charge in [0.25, 0.3) is 0 Å². The largest absolute Gasteiger partial charge is 0.310 e. The molecule has 0 heterocycles. The van der Waals surface area contributed by atoms with Gasteiger partial charge in [0.2, 0.25) is 0 Å². The molecular weight excluding hydrogens is 218 g/mol. The van der Waals surface area contributed by atoms with Gasteiger partial charge in [-0.05, 0) is 45.1 Å². The molecule has 1 aliphatic carbocycles. The molecule has 0 radical (unpaired) electrons. The molecule has 1 heteroatoms. The van der Waals surface area contributed by atoms with Gasteiger partial charge in [-0.3, -0.25) is 0 Å². The van der Waals surface area contributed by atoms with E-state index in [4.69, 9.17) is 0 Å². The van der Waals surface area contributed by atoms with Crippen LogP contribution in [0.5, 0.6) is 0 Å². The molecule has 1 nitrogen and oxygen atoms in total. The number of nitrogens with one attached hydrogen (secondary N) is 1. The Morgan fingerprint density at radius 1 is 1.06 bits per heavy atom. The Morgan fingerprint density at radius 3 is 2.56 bits per heavy atom. The van der Waals surface area contributed by atoms with Crippen LogP contribution in [-0.2, 0) is 0 Å². The highest BCUT2D eigenvalue weighted by Crippen LogP contribution is 2.23. The van der Waals surface area contributed by atoms with Crippen molar-refractivity contribution in [1.82, 2.24) is 5.32 Å². The minimum absolute atomic E-state index is 0.687. The zero-order valence-electron chi connectivity index (χ0n) is 12.6. The number of hydrogen-bond acceptors (Lipinski definition) is 1. The van der Waals surface area contributed by atoms with Gasteiger partial charge in [-0.2, -0.15) is 0 Å². The molecule has 0 amide bonds. The summed E-state index contributed by atoms with van der Waals surface area (Å²) >= 11 is 0. The van der Waals surface area contributed by atoms with Crippen LogP contribution in [-0.4, -0.2) is 12.6 Å². The molecule has 0 spiro atoms. The molecule has 0 saturated heterocycles. The summed E-state index contributed by atoms with van der Waals surface area (Å²) in [4.78, 5) is 0.